The van der Waals surface area contributed by atoms with Crippen LogP contribution >= 0.6 is 0 Å². The number of carbonyl (C=O) groups excluding carboxylic acids is 1. The fourth-order valence-corrected chi connectivity index (χ4v) is 4.37. The number of nitrogens with zero attached hydrogens (tertiary/aromatic N) is 2. The van der Waals surface area contributed by atoms with Gasteiger partial charge in [-0.3, -0.25) is 4.79 Å². The van der Waals surface area contributed by atoms with E-state index >= 15 is 0 Å². The third-order valence-electron chi connectivity index (χ3n) is 4.73. The highest BCUT2D eigenvalue weighted by molar-refractivity contribution is 7.92. The molecular formula is C19H24N2O4S. The van der Waals surface area contributed by atoms with Crippen molar-refractivity contribution >= 4 is 15.7 Å². The number of aromatic nitrogens is 1. The van der Waals surface area contributed by atoms with E-state index < -0.39 is 15.1 Å². The lowest BCUT2D eigenvalue weighted by Gasteiger charge is -2.23. The quantitative estimate of drug-likeness (QED) is 0.801. The van der Waals surface area contributed by atoms with E-state index in [1.807, 2.05) is 30.3 Å². The Morgan fingerprint density at radius 1 is 1.15 bits per heavy atom. The van der Waals surface area contributed by atoms with Gasteiger partial charge in [-0.15, -0.1) is 0 Å². The van der Waals surface area contributed by atoms with Crippen molar-refractivity contribution in [2.75, 3.05) is 13.1 Å². The van der Waals surface area contributed by atoms with E-state index in [1.54, 1.807) is 4.90 Å². The number of hydrogen-bond acceptors (Lipinski definition) is 5. The molecule has 6 nitrogen and oxygen atoms in total. The van der Waals surface area contributed by atoms with Crippen LogP contribution in [0.15, 0.2) is 41.0 Å². The van der Waals surface area contributed by atoms with E-state index in [-0.39, 0.29) is 11.7 Å². The Labute approximate surface area is 154 Å². The molecule has 140 valence electrons. The highest BCUT2D eigenvalue weighted by Crippen LogP contribution is 2.21. The van der Waals surface area contributed by atoms with E-state index in [0.29, 0.717) is 24.7 Å². The molecule has 1 fully saturated rings. The fraction of sp³-hybridized carbons (Fsp3) is 0.474. The molecule has 7 heteroatoms. The van der Waals surface area contributed by atoms with Gasteiger partial charge in [-0.2, -0.15) is 0 Å². The van der Waals surface area contributed by atoms with Crippen LogP contribution in [0.1, 0.15) is 38.3 Å². The lowest BCUT2D eigenvalue weighted by Crippen LogP contribution is -2.42. The molecule has 1 unspecified atom stereocenters. The van der Waals surface area contributed by atoms with Crippen LogP contribution in [0.25, 0.3) is 11.5 Å². The summed E-state index contributed by atoms with van der Waals surface area (Å²) in [4.78, 5) is 18.6. The first kappa shape index (κ1) is 18.6. The van der Waals surface area contributed by atoms with Gasteiger partial charge in [0.05, 0.1) is 11.4 Å². The summed E-state index contributed by atoms with van der Waals surface area (Å²) in [6.07, 6.45) is 5.39. The van der Waals surface area contributed by atoms with Gasteiger partial charge in [-0.05, 0) is 31.9 Å². The maximum atomic E-state index is 12.7. The highest BCUT2D eigenvalue weighted by atomic mass is 32.2. The predicted octanol–water partition coefficient (Wildman–Crippen LogP) is 3.05. The normalized spacial score (nSPS) is 16.9. The SMILES string of the molecule is CC(C(=O)N1CCCCCC1)S(=O)(=O)Cc1coc(-c2ccccc2)n1. The lowest BCUT2D eigenvalue weighted by atomic mass is 10.2. The molecule has 2 aromatic rings. The van der Waals surface area contributed by atoms with E-state index in [0.717, 1.165) is 31.2 Å². The molecule has 26 heavy (non-hydrogen) atoms. The summed E-state index contributed by atoms with van der Waals surface area (Å²) >= 11 is 0. The van der Waals surface area contributed by atoms with Crippen LogP contribution in [-0.4, -0.2) is 42.5 Å². The number of carbonyl (C=O) groups is 1. The summed E-state index contributed by atoms with van der Waals surface area (Å²) in [6, 6.07) is 9.29. The molecule has 1 amide bonds. The molecule has 0 radical (unpaired) electrons. The second kappa shape index (κ2) is 8.03. The van der Waals surface area contributed by atoms with E-state index in [2.05, 4.69) is 4.98 Å². The number of likely N-dealkylation sites (tertiary alicyclic amines) is 1. The van der Waals surface area contributed by atoms with Crippen molar-refractivity contribution in [1.82, 2.24) is 9.88 Å². The summed E-state index contributed by atoms with van der Waals surface area (Å²) in [6.45, 7) is 2.75. The van der Waals surface area contributed by atoms with Crippen LogP contribution in [0.5, 0.6) is 0 Å². The largest absolute Gasteiger partial charge is 0.444 e. The van der Waals surface area contributed by atoms with Crippen LogP contribution < -0.4 is 0 Å². The van der Waals surface area contributed by atoms with Crippen molar-refractivity contribution in [1.29, 1.82) is 0 Å². The van der Waals surface area contributed by atoms with Crippen molar-refractivity contribution in [2.24, 2.45) is 0 Å². The third-order valence-corrected chi connectivity index (χ3v) is 6.70. The summed E-state index contributed by atoms with van der Waals surface area (Å²) in [7, 11) is -3.66. The fourth-order valence-electron chi connectivity index (χ4n) is 3.12. The molecule has 0 N–H and O–H groups in total. The van der Waals surface area contributed by atoms with Crippen LogP contribution in [0.4, 0.5) is 0 Å². The molecule has 1 aromatic heterocycles. The average Bonchev–Trinajstić information content (AvgIpc) is 2.92. The van der Waals surface area contributed by atoms with Crippen molar-refractivity contribution in [3.8, 4) is 11.5 Å². The minimum atomic E-state index is -3.66. The van der Waals surface area contributed by atoms with E-state index in [4.69, 9.17) is 4.42 Å². The molecule has 1 aliphatic rings. The first-order valence-corrected chi connectivity index (χ1v) is 10.7. The molecule has 1 saturated heterocycles. The van der Waals surface area contributed by atoms with Crippen molar-refractivity contribution in [3.05, 3.63) is 42.3 Å². The van der Waals surface area contributed by atoms with Crippen LogP contribution in [0.2, 0.25) is 0 Å². The van der Waals surface area contributed by atoms with Gasteiger partial charge < -0.3 is 9.32 Å². The zero-order valence-electron chi connectivity index (χ0n) is 14.9. The molecule has 1 aliphatic heterocycles. The predicted molar refractivity (Wildman–Crippen MR) is 99.1 cm³/mol. The van der Waals surface area contributed by atoms with Gasteiger partial charge in [0.25, 0.3) is 0 Å². The number of oxazole rings is 1. The molecule has 2 heterocycles. The average molecular weight is 376 g/mol. The van der Waals surface area contributed by atoms with Gasteiger partial charge in [0.15, 0.2) is 9.84 Å². The number of rotatable bonds is 5. The first-order chi connectivity index (χ1) is 12.5. The number of amides is 1. The van der Waals surface area contributed by atoms with Gasteiger partial charge >= 0.3 is 0 Å². The van der Waals surface area contributed by atoms with Gasteiger partial charge in [0, 0.05) is 18.7 Å². The standard InChI is InChI=1S/C19H24N2O4S/c1-15(19(22)21-11-7-2-3-8-12-21)26(23,24)14-17-13-25-18(20-17)16-9-5-4-6-10-16/h4-6,9-10,13,15H,2-3,7-8,11-12,14H2,1H3. The molecular weight excluding hydrogens is 352 g/mol. The maximum absolute atomic E-state index is 12.7. The zero-order chi connectivity index (χ0) is 18.6. The lowest BCUT2D eigenvalue weighted by molar-refractivity contribution is -0.130. The molecule has 1 atom stereocenters. The second-order valence-corrected chi connectivity index (χ2v) is 9.02. The smallest absolute Gasteiger partial charge is 0.240 e. The van der Waals surface area contributed by atoms with Crippen molar-refractivity contribution in [3.63, 3.8) is 0 Å². The summed E-state index contributed by atoms with van der Waals surface area (Å²) < 4.78 is 30.8. The van der Waals surface area contributed by atoms with Gasteiger partial charge in [-0.25, -0.2) is 13.4 Å². The highest BCUT2D eigenvalue weighted by Gasteiger charge is 2.32. The van der Waals surface area contributed by atoms with Crippen molar-refractivity contribution in [2.45, 2.75) is 43.6 Å². The second-order valence-electron chi connectivity index (χ2n) is 6.70. The molecule has 0 aliphatic carbocycles. The van der Waals surface area contributed by atoms with Crippen molar-refractivity contribution < 1.29 is 17.6 Å². The monoisotopic (exact) mass is 376 g/mol. The Morgan fingerprint density at radius 3 is 2.46 bits per heavy atom. The molecule has 0 spiro atoms. The molecule has 1 aromatic carbocycles. The van der Waals surface area contributed by atoms with Crippen LogP contribution in [0.3, 0.4) is 0 Å². The number of sulfone groups is 1. The van der Waals surface area contributed by atoms with Gasteiger partial charge in [-0.1, -0.05) is 31.0 Å². The van der Waals surface area contributed by atoms with E-state index in [1.165, 1.54) is 13.2 Å². The van der Waals surface area contributed by atoms with Gasteiger partial charge in [0.1, 0.15) is 11.5 Å². The van der Waals surface area contributed by atoms with E-state index in [9.17, 15) is 13.2 Å². The topological polar surface area (TPSA) is 80.5 Å². The van der Waals surface area contributed by atoms with Crippen LogP contribution in [0, 0.1) is 0 Å². The maximum Gasteiger partial charge on any atom is 0.240 e. The summed E-state index contributed by atoms with van der Waals surface area (Å²) in [5.41, 5.74) is 1.10. The Hall–Kier alpha value is -2.15. The molecule has 0 bridgehead atoms. The minimum absolute atomic E-state index is 0.302. The van der Waals surface area contributed by atoms with Crippen LogP contribution in [-0.2, 0) is 20.4 Å². The Kier molecular flexibility index (Phi) is 5.76. The Morgan fingerprint density at radius 2 is 1.81 bits per heavy atom. The summed E-state index contributed by atoms with van der Waals surface area (Å²) in [5.74, 6) is -0.231. The molecule has 3 rings (SSSR count). The minimum Gasteiger partial charge on any atom is -0.444 e. The number of benzene rings is 1. The first-order valence-electron chi connectivity index (χ1n) is 8.97. The van der Waals surface area contributed by atoms with Gasteiger partial charge in [0.2, 0.25) is 11.8 Å². The Bertz CT molecular complexity index is 837. The molecule has 0 saturated carbocycles. The Balaban J connectivity index is 1.70. The summed E-state index contributed by atoms with van der Waals surface area (Å²) in [5, 5.41) is -1.07. The number of hydrogen-bond donors (Lipinski definition) is 0. The zero-order valence-corrected chi connectivity index (χ0v) is 15.7. The third kappa shape index (κ3) is 4.33.